The summed E-state index contributed by atoms with van der Waals surface area (Å²) in [5, 5.41) is 3.35. The van der Waals surface area contributed by atoms with E-state index < -0.39 is 23.8 Å². The lowest BCUT2D eigenvalue weighted by Gasteiger charge is -2.17. The van der Waals surface area contributed by atoms with E-state index in [4.69, 9.17) is 27.9 Å². The Morgan fingerprint density at radius 3 is 2.27 bits per heavy atom. The minimum absolute atomic E-state index is 0.0856. The molecular weight excluding hydrogens is 429 g/mol. The van der Waals surface area contributed by atoms with Gasteiger partial charge in [-0.25, -0.2) is 0 Å². The fraction of sp³-hybridized carbons (Fsp3) is 0.286. The Kier molecular flexibility index (Phi) is 8.95. The van der Waals surface area contributed by atoms with Gasteiger partial charge < -0.3 is 10.1 Å². The van der Waals surface area contributed by atoms with Crippen LogP contribution >= 0.6 is 23.2 Å². The number of benzene rings is 2. The molecule has 3 N–H and O–H groups in total. The van der Waals surface area contributed by atoms with E-state index in [-0.39, 0.29) is 12.8 Å². The van der Waals surface area contributed by atoms with Crippen LogP contribution in [0.2, 0.25) is 10.0 Å². The maximum Gasteiger partial charge on any atom is 0.279 e. The molecule has 0 heterocycles. The second kappa shape index (κ2) is 11.4. The number of rotatable bonds is 8. The van der Waals surface area contributed by atoms with E-state index in [1.54, 1.807) is 31.2 Å². The molecule has 7 nitrogen and oxygen atoms in total. The van der Waals surface area contributed by atoms with Crippen LogP contribution in [0.5, 0.6) is 5.75 Å². The molecule has 2 aromatic carbocycles. The molecule has 0 aliphatic rings. The van der Waals surface area contributed by atoms with Crippen LogP contribution in [0.4, 0.5) is 5.69 Å². The number of hydrogen-bond donors (Lipinski definition) is 3. The predicted octanol–water partition coefficient (Wildman–Crippen LogP) is 4.03. The van der Waals surface area contributed by atoms with Gasteiger partial charge in [0.2, 0.25) is 11.8 Å². The van der Waals surface area contributed by atoms with Gasteiger partial charge in [0.15, 0.2) is 6.10 Å². The van der Waals surface area contributed by atoms with Crippen molar-refractivity contribution in [3.05, 3.63) is 58.1 Å². The Labute approximate surface area is 185 Å². The fourth-order valence-electron chi connectivity index (χ4n) is 2.41. The van der Waals surface area contributed by atoms with Gasteiger partial charge in [-0.1, -0.05) is 47.8 Å². The monoisotopic (exact) mass is 451 g/mol. The van der Waals surface area contributed by atoms with Crippen molar-refractivity contribution in [2.24, 2.45) is 0 Å². The van der Waals surface area contributed by atoms with Crippen molar-refractivity contribution in [3.8, 4) is 5.75 Å². The molecule has 1 atom stereocenters. The Hall–Kier alpha value is -2.77. The summed E-state index contributed by atoms with van der Waals surface area (Å²) < 4.78 is 5.65. The molecule has 0 aromatic heterocycles. The number of carbonyl (C=O) groups excluding carboxylic acids is 3. The summed E-state index contributed by atoms with van der Waals surface area (Å²) >= 11 is 11.8. The first kappa shape index (κ1) is 23.5. The number of hydrazine groups is 1. The van der Waals surface area contributed by atoms with Crippen molar-refractivity contribution < 1.29 is 19.1 Å². The molecule has 0 aliphatic heterocycles. The number of anilines is 1. The first-order valence-electron chi connectivity index (χ1n) is 9.35. The van der Waals surface area contributed by atoms with Gasteiger partial charge in [0, 0.05) is 17.9 Å². The van der Waals surface area contributed by atoms with E-state index in [1.807, 2.05) is 19.1 Å². The first-order valence-corrected chi connectivity index (χ1v) is 10.1. The zero-order valence-corrected chi connectivity index (χ0v) is 18.1. The van der Waals surface area contributed by atoms with Crippen molar-refractivity contribution in [2.45, 2.75) is 39.2 Å². The lowest BCUT2D eigenvalue weighted by atomic mass is 10.2. The van der Waals surface area contributed by atoms with E-state index in [9.17, 15) is 14.4 Å². The van der Waals surface area contributed by atoms with E-state index in [0.29, 0.717) is 27.9 Å². The van der Waals surface area contributed by atoms with Crippen LogP contribution in [0.3, 0.4) is 0 Å². The van der Waals surface area contributed by atoms with Crippen LogP contribution in [-0.4, -0.2) is 23.8 Å². The molecular formula is C21H23Cl2N3O4. The SMILES string of the molecule is CCC(Oc1ccc(C)cc1)C(=O)NNC(=O)CCC(=O)Nc1ccc(Cl)cc1Cl. The second-order valence-electron chi connectivity index (χ2n) is 6.54. The fourth-order valence-corrected chi connectivity index (χ4v) is 2.86. The zero-order valence-electron chi connectivity index (χ0n) is 16.6. The molecule has 1 unspecified atom stereocenters. The molecule has 9 heteroatoms. The summed E-state index contributed by atoms with van der Waals surface area (Å²) in [7, 11) is 0. The topological polar surface area (TPSA) is 96.5 Å². The zero-order chi connectivity index (χ0) is 22.1. The Morgan fingerprint density at radius 1 is 0.967 bits per heavy atom. The quantitative estimate of drug-likeness (QED) is 0.527. The van der Waals surface area contributed by atoms with Crippen molar-refractivity contribution in [1.82, 2.24) is 10.9 Å². The van der Waals surface area contributed by atoms with Gasteiger partial charge in [0.25, 0.3) is 5.91 Å². The molecule has 160 valence electrons. The Bertz CT molecular complexity index is 904. The number of carbonyl (C=O) groups is 3. The maximum atomic E-state index is 12.2. The van der Waals surface area contributed by atoms with Gasteiger partial charge in [0.05, 0.1) is 10.7 Å². The third kappa shape index (κ3) is 7.57. The van der Waals surface area contributed by atoms with Gasteiger partial charge in [-0.05, 0) is 43.7 Å². The third-order valence-electron chi connectivity index (χ3n) is 4.07. The van der Waals surface area contributed by atoms with Gasteiger partial charge >= 0.3 is 0 Å². The number of hydrogen-bond acceptors (Lipinski definition) is 4. The van der Waals surface area contributed by atoms with E-state index in [2.05, 4.69) is 16.2 Å². The molecule has 0 aliphatic carbocycles. The minimum Gasteiger partial charge on any atom is -0.481 e. The van der Waals surface area contributed by atoms with Gasteiger partial charge in [0.1, 0.15) is 5.75 Å². The molecule has 2 aromatic rings. The summed E-state index contributed by atoms with van der Waals surface area (Å²) in [4.78, 5) is 36.2. The molecule has 0 spiro atoms. The largest absolute Gasteiger partial charge is 0.481 e. The third-order valence-corrected chi connectivity index (χ3v) is 4.62. The van der Waals surface area contributed by atoms with E-state index in [1.165, 1.54) is 6.07 Å². The van der Waals surface area contributed by atoms with Crippen LogP contribution in [0.25, 0.3) is 0 Å². The standard InChI is InChI=1S/C21H23Cl2N3O4/c1-3-18(30-15-7-4-13(2)5-8-15)21(29)26-25-20(28)11-10-19(27)24-17-9-6-14(22)12-16(17)23/h4-9,12,18H,3,10-11H2,1-2H3,(H,24,27)(H,25,28)(H,26,29). The number of halogens is 2. The highest BCUT2D eigenvalue weighted by molar-refractivity contribution is 6.36. The summed E-state index contributed by atoms with van der Waals surface area (Å²) in [6, 6.07) is 12.0. The highest BCUT2D eigenvalue weighted by atomic mass is 35.5. The summed E-state index contributed by atoms with van der Waals surface area (Å²) in [5.74, 6) is -0.823. The molecule has 0 saturated carbocycles. The van der Waals surface area contributed by atoms with Crippen molar-refractivity contribution in [2.75, 3.05) is 5.32 Å². The van der Waals surface area contributed by atoms with Crippen LogP contribution in [0, 0.1) is 6.92 Å². The lowest BCUT2D eigenvalue weighted by Crippen LogP contribution is -2.48. The summed E-state index contributed by atoms with van der Waals surface area (Å²) in [5.41, 5.74) is 6.09. The molecule has 0 radical (unpaired) electrons. The van der Waals surface area contributed by atoms with Crippen molar-refractivity contribution in [1.29, 1.82) is 0 Å². The molecule has 30 heavy (non-hydrogen) atoms. The van der Waals surface area contributed by atoms with E-state index in [0.717, 1.165) is 5.56 Å². The molecule has 2 rings (SSSR count). The van der Waals surface area contributed by atoms with Crippen LogP contribution in [0.1, 0.15) is 31.7 Å². The normalized spacial score (nSPS) is 11.3. The van der Waals surface area contributed by atoms with Crippen LogP contribution < -0.4 is 20.9 Å². The highest BCUT2D eigenvalue weighted by Crippen LogP contribution is 2.25. The Balaban J connectivity index is 1.75. The van der Waals surface area contributed by atoms with E-state index >= 15 is 0 Å². The van der Waals surface area contributed by atoms with Gasteiger partial charge in [-0.2, -0.15) is 0 Å². The molecule has 3 amide bonds. The molecule has 0 bridgehead atoms. The van der Waals surface area contributed by atoms with Crippen molar-refractivity contribution in [3.63, 3.8) is 0 Å². The van der Waals surface area contributed by atoms with Crippen LogP contribution in [-0.2, 0) is 14.4 Å². The number of amides is 3. The number of aryl methyl sites for hydroxylation is 1. The van der Waals surface area contributed by atoms with Gasteiger partial charge in [-0.3, -0.25) is 25.2 Å². The summed E-state index contributed by atoms with van der Waals surface area (Å²) in [6.45, 7) is 3.75. The van der Waals surface area contributed by atoms with Crippen LogP contribution in [0.15, 0.2) is 42.5 Å². The maximum absolute atomic E-state index is 12.2. The Morgan fingerprint density at radius 2 is 1.63 bits per heavy atom. The second-order valence-corrected chi connectivity index (χ2v) is 7.38. The smallest absolute Gasteiger partial charge is 0.279 e. The lowest BCUT2D eigenvalue weighted by molar-refractivity contribution is -0.133. The molecule has 0 saturated heterocycles. The first-order chi connectivity index (χ1) is 14.3. The minimum atomic E-state index is -0.761. The average Bonchev–Trinajstić information content (AvgIpc) is 2.72. The molecule has 0 fully saturated rings. The predicted molar refractivity (Wildman–Crippen MR) is 116 cm³/mol. The highest BCUT2D eigenvalue weighted by Gasteiger charge is 2.19. The average molecular weight is 452 g/mol. The van der Waals surface area contributed by atoms with Gasteiger partial charge in [-0.15, -0.1) is 0 Å². The van der Waals surface area contributed by atoms with Crippen molar-refractivity contribution >= 4 is 46.6 Å². The summed E-state index contributed by atoms with van der Waals surface area (Å²) in [6.07, 6.45) is -0.548. The number of nitrogens with one attached hydrogen (secondary N) is 3. The number of ether oxygens (including phenoxy) is 1.